The Labute approximate surface area is 155 Å². The summed E-state index contributed by atoms with van der Waals surface area (Å²) < 4.78 is 10.2. The zero-order chi connectivity index (χ0) is 19.5. The molecule has 0 bridgehead atoms. The normalized spacial score (nSPS) is 20.7. The molecule has 0 radical (unpaired) electrons. The van der Waals surface area contributed by atoms with Crippen LogP contribution in [0.1, 0.15) is 51.5 Å². The van der Waals surface area contributed by atoms with Gasteiger partial charge in [-0.3, -0.25) is 0 Å². The molecule has 0 N–H and O–H groups in total. The first kappa shape index (κ1) is 20.0. The van der Waals surface area contributed by atoms with Crippen molar-refractivity contribution in [1.82, 2.24) is 9.88 Å². The van der Waals surface area contributed by atoms with Crippen LogP contribution in [-0.4, -0.2) is 59.8 Å². The Hall–Kier alpha value is -2.31. The average molecular weight is 363 g/mol. The van der Waals surface area contributed by atoms with E-state index in [1.807, 2.05) is 31.7 Å². The maximum absolute atomic E-state index is 12.5. The van der Waals surface area contributed by atoms with Gasteiger partial charge in [0.1, 0.15) is 11.3 Å². The zero-order valence-electron chi connectivity index (χ0n) is 16.5. The van der Waals surface area contributed by atoms with Crippen LogP contribution in [0.15, 0.2) is 18.3 Å². The van der Waals surface area contributed by atoms with Crippen molar-refractivity contribution in [2.45, 2.75) is 58.7 Å². The number of methoxy groups -OCH3 is 1. The standard InChI is InChI=1S/C19H29N3O4/c1-7-14-12-21(15-8-9-16(20-10-15)17(23)25-6)13(2)11-22(14)18(24)26-19(3,4)5/h8-10,13-14H,7,11-12H2,1-6H3/t13-,14+/m1/s1. The number of esters is 1. The molecule has 2 rings (SSSR count). The van der Waals surface area contributed by atoms with Gasteiger partial charge in [0.2, 0.25) is 0 Å². The summed E-state index contributed by atoms with van der Waals surface area (Å²) in [5.74, 6) is -0.453. The molecule has 1 aromatic heterocycles. The highest BCUT2D eigenvalue weighted by atomic mass is 16.6. The summed E-state index contributed by atoms with van der Waals surface area (Å²) in [6.45, 7) is 11.0. The van der Waals surface area contributed by atoms with Crippen molar-refractivity contribution in [3.05, 3.63) is 24.0 Å². The Kier molecular flexibility index (Phi) is 6.10. The monoisotopic (exact) mass is 363 g/mol. The molecule has 7 nitrogen and oxygen atoms in total. The van der Waals surface area contributed by atoms with E-state index in [0.717, 1.165) is 12.1 Å². The predicted molar refractivity (Wildman–Crippen MR) is 99.4 cm³/mol. The summed E-state index contributed by atoms with van der Waals surface area (Å²) >= 11 is 0. The number of carbonyl (C=O) groups is 2. The number of ether oxygens (including phenoxy) is 2. The smallest absolute Gasteiger partial charge is 0.410 e. The Morgan fingerprint density at radius 3 is 2.46 bits per heavy atom. The predicted octanol–water partition coefficient (Wildman–Crippen LogP) is 3.09. The number of nitrogens with zero attached hydrogens (tertiary/aromatic N) is 3. The SMILES string of the molecule is CC[C@H]1CN(c2ccc(C(=O)OC)nc2)[C@H](C)CN1C(=O)OC(C)(C)C. The lowest BCUT2D eigenvalue weighted by atomic mass is 10.0. The first-order chi connectivity index (χ1) is 12.2. The minimum absolute atomic E-state index is 0.0568. The quantitative estimate of drug-likeness (QED) is 0.769. The number of rotatable bonds is 3. The van der Waals surface area contributed by atoms with Crippen LogP contribution in [0.2, 0.25) is 0 Å². The summed E-state index contributed by atoms with van der Waals surface area (Å²) in [4.78, 5) is 32.3. The number of hydrogen-bond donors (Lipinski definition) is 0. The molecule has 0 spiro atoms. The Bertz CT molecular complexity index is 639. The second kappa shape index (κ2) is 7.93. The van der Waals surface area contributed by atoms with Crippen LogP contribution in [0, 0.1) is 0 Å². The number of piperazine rings is 1. The first-order valence-corrected chi connectivity index (χ1v) is 8.97. The second-order valence-corrected chi connectivity index (χ2v) is 7.59. The third kappa shape index (κ3) is 4.65. The molecule has 1 saturated heterocycles. The maximum atomic E-state index is 12.5. The molecule has 0 unspecified atom stereocenters. The number of anilines is 1. The largest absolute Gasteiger partial charge is 0.464 e. The average Bonchev–Trinajstić information content (AvgIpc) is 2.59. The van der Waals surface area contributed by atoms with Crippen LogP contribution in [0.4, 0.5) is 10.5 Å². The maximum Gasteiger partial charge on any atom is 0.410 e. The molecule has 1 aromatic rings. The molecule has 0 aliphatic carbocycles. The fraction of sp³-hybridized carbons (Fsp3) is 0.632. The van der Waals surface area contributed by atoms with Crippen molar-refractivity contribution in [1.29, 1.82) is 0 Å². The summed E-state index contributed by atoms with van der Waals surface area (Å²) in [6.07, 6.45) is 2.24. The van der Waals surface area contributed by atoms with Crippen molar-refractivity contribution >= 4 is 17.7 Å². The van der Waals surface area contributed by atoms with E-state index < -0.39 is 11.6 Å². The van der Waals surface area contributed by atoms with Gasteiger partial charge in [0, 0.05) is 19.1 Å². The molecule has 0 aromatic carbocycles. The molecule has 26 heavy (non-hydrogen) atoms. The van der Waals surface area contributed by atoms with Gasteiger partial charge in [-0.1, -0.05) is 6.92 Å². The second-order valence-electron chi connectivity index (χ2n) is 7.59. The summed E-state index contributed by atoms with van der Waals surface area (Å²) in [7, 11) is 1.34. The Morgan fingerprint density at radius 2 is 1.96 bits per heavy atom. The van der Waals surface area contributed by atoms with E-state index in [1.165, 1.54) is 7.11 Å². The lowest BCUT2D eigenvalue weighted by molar-refractivity contribution is 0.0106. The molecule has 1 amide bonds. The fourth-order valence-corrected chi connectivity index (χ4v) is 3.07. The van der Waals surface area contributed by atoms with Gasteiger partial charge < -0.3 is 19.3 Å². The van der Waals surface area contributed by atoms with Crippen molar-refractivity contribution in [3.63, 3.8) is 0 Å². The van der Waals surface area contributed by atoms with Crippen LogP contribution < -0.4 is 4.90 Å². The number of carbonyl (C=O) groups excluding carboxylic acids is 2. The summed E-state index contributed by atoms with van der Waals surface area (Å²) in [5, 5.41) is 0. The summed E-state index contributed by atoms with van der Waals surface area (Å²) in [5.41, 5.74) is 0.694. The van der Waals surface area contributed by atoms with Crippen molar-refractivity contribution < 1.29 is 19.1 Å². The first-order valence-electron chi connectivity index (χ1n) is 8.97. The van der Waals surface area contributed by atoms with Gasteiger partial charge in [-0.25, -0.2) is 14.6 Å². The van der Waals surface area contributed by atoms with Crippen molar-refractivity contribution in [2.75, 3.05) is 25.1 Å². The van der Waals surface area contributed by atoms with E-state index in [9.17, 15) is 9.59 Å². The van der Waals surface area contributed by atoms with Crippen LogP contribution in [-0.2, 0) is 9.47 Å². The van der Waals surface area contributed by atoms with Crippen LogP contribution in [0.25, 0.3) is 0 Å². The van der Waals surface area contributed by atoms with Crippen molar-refractivity contribution in [2.24, 2.45) is 0 Å². The number of amides is 1. The van der Waals surface area contributed by atoms with Crippen LogP contribution in [0.3, 0.4) is 0 Å². The lowest BCUT2D eigenvalue weighted by Crippen LogP contribution is -2.59. The molecule has 2 atom stereocenters. The van der Waals surface area contributed by atoms with Gasteiger partial charge in [0.15, 0.2) is 0 Å². The third-order valence-electron chi connectivity index (χ3n) is 4.41. The molecular formula is C19H29N3O4. The Morgan fingerprint density at radius 1 is 1.27 bits per heavy atom. The fourth-order valence-electron chi connectivity index (χ4n) is 3.07. The van der Waals surface area contributed by atoms with E-state index in [2.05, 4.69) is 28.5 Å². The van der Waals surface area contributed by atoms with E-state index in [4.69, 9.17) is 4.74 Å². The van der Waals surface area contributed by atoms with Gasteiger partial charge in [-0.15, -0.1) is 0 Å². The van der Waals surface area contributed by atoms with Gasteiger partial charge >= 0.3 is 12.1 Å². The topological polar surface area (TPSA) is 72.0 Å². The van der Waals surface area contributed by atoms with Crippen LogP contribution >= 0.6 is 0 Å². The van der Waals surface area contributed by atoms with Crippen molar-refractivity contribution in [3.8, 4) is 0 Å². The van der Waals surface area contributed by atoms with E-state index >= 15 is 0 Å². The van der Waals surface area contributed by atoms with Gasteiger partial charge in [0.25, 0.3) is 0 Å². The zero-order valence-corrected chi connectivity index (χ0v) is 16.5. The highest BCUT2D eigenvalue weighted by molar-refractivity contribution is 5.87. The van der Waals surface area contributed by atoms with E-state index in [-0.39, 0.29) is 23.9 Å². The van der Waals surface area contributed by atoms with Gasteiger partial charge in [-0.2, -0.15) is 0 Å². The highest BCUT2D eigenvalue weighted by Gasteiger charge is 2.36. The van der Waals surface area contributed by atoms with E-state index in [0.29, 0.717) is 13.1 Å². The molecule has 1 fully saturated rings. The number of pyridine rings is 1. The Balaban J connectivity index is 2.14. The van der Waals surface area contributed by atoms with Crippen LogP contribution in [0.5, 0.6) is 0 Å². The number of aromatic nitrogens is 1. The molecule has 0 saturated carbocycles. The lowest BCUT2D eigenvalue weighted by Gasteiger charge is -2.46. The van der Waals surface area contributed by atoms with E-state index in [1.54, 1.807) is 12.3 Å². The highest BCUT2D eigenvalue weighted by Crippen LogP contribution is 2.25. The molecule has 144 valence electrons. The van der Waals surface area contributed by atoms with Gasteiger partial charge in [-0.05, 0) is 46.2 Å². The minimum atomic E-state index is -0.511. The van der Waals surface area contributed by atoms with Gasteiger partial charge in [0.05, 0.1) is 25.0 Å². The third-order valence-corrected chi connectivity index (χ3v) is 4.41. The number of hydrogen-bond acceptors (Lipinski definition) is 6. The molecule has 1 aliphatic rings. The molecular weight excluding hydrogens is 334 g/mol. The summed E-state index contributed by atoms with van der Waals surface area (Å²) in [6, 6.07) is 3.69. The molecule has 1 aliphatic heterocycles. The molecule has 7 heteroatoms. The minimum Gasteiger partial charge on any atom is -0.464 e. The molecule has 2 heterocycles.